The molecule has 0 aliphatic rings. The van der Waals surface area contributed by atoms with Gasteiger partial charge in [0.15, 0.2) is 0 Å². The van der Waals surface area contributed by atoms with Crippen LogP contribution in [0.2, 0.25) is 0 Å². The Hall–Kier alpha value is -3.59. The van der Waals surface area contributed by atoms with Crippen molar-refractivity contribution in [1.82, 2.24) is 0 Å². The maximum atomic E-state index is 13.3. The second kappa shape index (κ2) is 8.19. The summed E-state index contributed by atoms with van der Waals surface area (Å²) in [5.41, 5.74) is -0.491. The van der Waals surface area contributed by atoms with E-state index in [1.54, 1.807) is 6.07 Å². The number of carbonyl (C=O) groups excluding carboxylic acids is 1. The second-order valence-corrected chi connectivity index (χ2v) is 7.82. The molecular formula is C20H14FNO6S. The third-order valence-electron chi connectivity index (χ3n) is 4.01. The van der Waals surface area contributed by atoms with Crippen molar-refractivity contribution in [2.75, 3.05) is 0 Å². The maximum Gasteiger partial charge on any atom is 0.339 e. The molecule has 3 aromatic rings. The number of rotatable bonds is 6. The molecule has 0 heterocycles. The number of esters is 1. The fraction of sp³-hybridized carbons (Fsp3) is 0.0500. The largest absolute Gasteiger partial charge is 0.457 e. The first kappa shape index (κ1) is 20.2. The Kier molecular flexibility index (Phi) is 5.69. The third-order valence-corrected chi connectivity index (χ3v) is 5.87. The summed E-state index contributed by atoms with van der Waals surface area (Å²) in [4.78, 5) is 22.0. The molecular weight excluding hydrogens is 401 g/mol. The SMILES string of the molecule is O=C(OCc1cccc(F)c1)c1ccccc1S(=O)(=O)c1ccccc1[N+](=O)[O-]. The van der Waals surface area contributed by atoms with Gasteiger partial charge in [-0.15, -0.1) is 0 Å². The molecule has 0 spiro atoms. The number of nitrogens with zero attached hydrogens (tertiary/aromatic N) is 1. The van der Waals surface area contributed by atoms with Gasteiger partial charge >= 0.3 is 5.97 Å². The molecule has 29 heavy (non-hydrogen) atoms. The highest BCUT2D eigenvalue weighted by molar-refractivity contribution is 7.91. The van der Waals surface area contributed by atoms with Crippen LogP contribution in [0.3, 0.4) is 0 Å². The zero-order chi connectivity index (χ0) is 21.0. The highest BCUT2D eigenvalue weighted by Crippen LogP contribution is 2.31. The quantitative estimate of drug-likeness (QED) is 0.343. The molecule has 0 aromatic heterocycles. The smallest absolute Gasteiger partial charge is 0.339 e. The van der Waals surface area contributed by atoms with E-state index in [9.17, 15) is 27.7 Å². The molecule has 0 fully saturated rings. The normalized spacial score (nSPS) is 11.1. The summed E-state index contributed by atoms with van der Waals surface area (Å²) in [5, 5.41) is 11.2. The summed E-state index contributed by atoms with van der Waals surface area (Å²) in [6.07, 6.45) is 0. The summed E-state index contributed by atoms with van der Waals surface area (Å²) in [5.74, 6) is -1.45. The molecule has 0 amide bonds. The molecule has 7 nitrogen and oxygen atoms in total. The van der Waals surface area contributed by atoms with Crippen molar-refractivity contribution in [3.63, 3.8) is 0 Å². The first-order chi connectivity index (χ1) is 13.8. The predicted molar refractivity (Wildman–Crippen MR) is 101 cm³/mol. The number of para-hydroxylation sites is 1. The number of halogens is 1. The van der Waals surface area contributed by atoms with Gasteiger partial charge in [0, 0.05) is 6.07 Å². The number of nitro groups is 1. The fourth-order valence-corrected chi connectivity index (χ4v) is 4.29. The molecule has 148 valence electrons. The molecule has 0 saturated heterocycles. The lowest BCUT2D eigenvalue weighted by Crippen LogP contribution is -2.13. The average molecular weight is 415 g/mol. The van der Waals surface area contributed by atoms with E-state index in [4.69, 9.17) is 4.74 Å². The number of ether oxygens (including phenoxy) is 1. The van der Waals surface area contributed by atoms with Crippen LogP contribution < -0.4 is 0 Å². The Morgan fingerprint density at radius 1 is 0.966 bits per heavy atom. The minimum atomic E-state index is -4.38. The van der Waals surface area contributed by atoms with E-state index in [1.807, 2.05) is 0 Å². The lowest BCUT2D eigenvalue weighted by molar-refractivity contribution is -0.387. The predicted octanol–water partition coefficient (Wildman–Crippen LogP) is 3.92. The van der Waals surface area contributed by atoms with Crippen molar-refractivity contribution < 1.29 is 27.3 Å². The lowest BCUT2D eigenvalue weighted by Gasteiger charge is -2.11. The van der Waals surface area contributed by atoms with Crippen LogP contribution in [0.1, 0.15) is 15.9 Å². The van der Waals surface area contributed by atoms with Crippen molar-refractivity contribution in [2.45, 2.75) is 16.4 Å². The number of hydrogen-bond donors (Lipinski definition) is 0. The highest BCUT2D eigenvalue weighted by Gasteiger charge is 2.30. The average Bonchev–Trinajstić information content (AvgIpc) is 2.72. The summed E-state index contributed by atoms with van der Waals surface area (Å²) >= 11 is 0. The maximum absolute atomic E-state index is 13.3. The van der Waals surface area contributed by atoms with Gasteiger partial charge in [0.25, 0.3) is 5.69 Å². The number of sulfone groups is 1. The van der Waals surface area contributed by atoms with Crippen molar-refractivity contribution >= 4 is 21.5 Å². The van der Waals surface area contributed by atoms with Gasteiger partial charge < -0.3 is 4.74 Å². The summed E-state index contributed by atoms with van der Waals surface area (Å²) in [7, 11) is -4.38. The summed E-state index contributed by atoms with van der Waals surface area (Å²) in [6.45, 7) is -0.267. The zero-order valence-corrected chi connectivity index (χ0v) is 15.6. The molecule has 0 aliphatic carbocycles. The number of nitro benzene ring substituents is 1. The van der Waals surface area contributed by atoms with E-state index >= 15 is 0 Å². The Labute approximate surface area is 165 Å². The van der Waals surface area contributed by atoms with Crippen LogP contribution in [0.4, 0.5) is 10.1 Å². The van der Waals surface area contributed by atoms with Gasteiger partial charge in [-0.25, -0.2) is 17.6 Å². The van der Waals surface area contributed by atoms with Gasteiger partial charge in [-0.05, 0) is 35.9 Å². The molecule has 3 aromatic carbocycles. The van der Waals surface area contributed by atoms with Crippen LogP contribution in [0, 0.1) is 15.9 Å². The van der Waals surface area contributed by atoms with Crippen molar-refractivity contribution in [2.24, 2.45) is 0 Å². The van der Waals surface area contributed by atoms with Crippen molar-refractivity contribution in [3.8, 4) is 0 Å². The van der Waals surface area contributed by atoms with Gasteiger partial charge in [-0.3, -0.25) is 10.1 Å². The lowest BCUT2D eigenvalue weighted by atomic mass is 10.2. The minimum absolute atomic E-state index is 0.267. The molecule has 0 aliphatic heterocycles. The third kappa shape index (κ3) is 4.30. The van der Waals surface area contributed by atoms with Crippen LogP contribution >= 0.6 is 0 Å². The summed E-state index contributed by atoms with van der Waals surface area (Å²) in [6, 6.07) is 15.5. The first-order valence-corrected chi connectivity index (χ1v) is 9.78. The molecule has 3 rings (SSSR count). The second-order valence-electron chi connectivity index (χ2n) is 5.93. The molecule has 9 heteroatoms. The van der Waals surface area contributed by atoms with E-state index in [2.05, 4.69) is 0 Å². The Morgan fingerprint density at radius 2 is 1.62 bits per heavy atom. The van der Waals surface area contributed by atoms with Crippen LogP contribution in [-0.2, 0) is 21.2 Å². The van der Waals surface area contributed by atoms with Gasteiger partial charge in [-0.1, -0.05) is 36.4 Å². The number of benzene rings is 3. The molecule has 0 atom stereocenters. The molecule has 0 N–H and O–H groups in total. The van der Waals surface area contributed by atoms with E-state index in [0.29, 0.717) is 5.56 Å². The van der Waals surface area contributed by atoms with E-state index in [1.165, 1.54) is 54.6 Å². The van der Waals surface area contributed by atoms with Crippen LogP contribution in [0.25, 0.3) is 0 Å². The van der Waals surface area contributed by atoms with E-state index in [-0.39, 0.29) is 12.2 Å². The van der Waals surface area contributed by atoms with Gasteiger partial charge in [0.2, 0.25) is 9.84 Å². The van der Waals surface area contributed by atoms with Gasteiger partial charge in [-0.2, -0.15) is 0 Å². The van der Waals surface area contributed by atoms with Gasteiger partial charge in [0.1, 0.15) is 17.3 Å². The Morgan fingerprint density at radius 3 is 2.31 bits per heavy atom. The van der Waals surface area contributed by atoms with Crippen LogP contribution in [0.15, 0.2) is 82.6 Å². The van der Waals surface area contributed by atoms with E-state index < -0.39 is 42.0 Å². The number of hydrogen-bond acceptors (Lipinski definition) is 6. The van der Waals surface area contributed by atoms with Crippen molar-refractivity contribution in [3.05, 3.63) is 99.9 Å². The fourth-order valence-electron chi connectivity index (χ4n) is 2.68. The first-order valence-electron chi connectivity index (χ1n) is 8.30. The van der Waals surface area contributed by atoms with Crippen LogP contribution in [0.5, 0.6) is 0 Å². The van der Waals surface area contributed by atoms with E-state index in [0.717, 1.165) is 12.1 Å². The van der Waals surface area contributed by atoms with Crippen molar-refractivity contribution in [1.29, 1.82) is 0 Å². The Bertz CT molecular complexity index is 1190. The monoisotopic (exact) mass is 415 g/mol. The molecule has 0 unspecified atom stereocenters. The minimum Gasteiger partial charge on any atom is -0.457 e. The number of carbonyl (C=O) groups is 1. The molecule has 0 bridgehead atoms. The molecule has 0 saturated carbocycles. The standard InChI is InChI=1S/C20H14FNO6S/c21-15-7-5-6-14(12-15)13-28-20(23)16-8-1-3-10-18(16)29(26,27)19-11-4-2-9-17(19)22(24)25/h1-12H,13H2. The van der Waals surface area contributed by atoms with Crippen LogP contribution in [-0.4, -0.2) is 19.3 Å². The highest BCUT2D eigenvalue weighted by atomic mass is 32.2. The summed E-state index contributed by atoms with van der Waals surface area (Å²) < 4.78 is 44.4. The topological polar surface area (TPSA) is 104 Å². The van der Waals surface area contributed by atoms with Gasteiger partial charge in [0.05, 0.1) is 15.4 Å². The molecule has 0 radical (unpaired) electrons. The zero-order valence-electron chi connectivity index (χ0n) is 14.8. The Balaban J connectivity index is 1.96.